The third-order valence-electron chi connectivity index (χ3n) is 4.57. The Labute approximate surface area is 156 Å². The first-order valence-corrected chi connectivity index (χ1v) is 9.89. The van der Waals surface area contributed by atoms with Gasteiger partial charge in [-0.15, -0.1) is 0 Å². The van der Waals surface area contributed by atoms with E-state index in [2.05, 4.69) is 15.1 Å². The molecule has 0 fully saturated rings. The van der Waals surface area contributed by atoms with Crippen molar-refractivity contribution >= 4 is 10.0 Å². The first-order chi connectivity index (χ1) is 13.0. The topological polar surface area (TPSA) is 108 Å². The quantitative estimate of drug-likeness (QED) is 0.606. The molecule has 0 aliphatic carbocycles. The summed E-state index contributed by atoms with van der Waals surface area (Å²) in [7, 11) is -0.308. The SMILES string of the molecule is COCCn1nc(-c2cocn2)c2c1CCN(S(=O)(=O)c1cn(C)cn1)C2. The first kappa shape index (κ1) is 17.9. The molecule has 0 spiro atoms. The van der Waals surface area contributed by atoms with Gasteiger partial charge >= 0.3 is 0 Å². The van der Waals surface area contributed by atoms with Crippen molar-refractivity contribution in [3.05, 3.63) is 36.4 Å². The maximum atomic E-state index is 13.0. The van der Waals surface area contributed by atoms with Gasteiger partial charge in [-0.05, 0) is 0 Å². The summed E-state index contributed by atoms with van der Waals surface area (Å²) in [6.45, 7) is 1.68. The van der Waals surface area contributed by atoms with E-state index in [-0.39, 0.29) is 11.6 Å². The molecule has 11 heteroatoms. The van der Waals surface area contributed by atoms with E-state index >= 15 is 0 Å². The summed E-state index contributed by atoms with van der Waals surface area (Å²) < 4.78 is 41.1. The Kier molecular flexibility index (Phi) is 4.58. The van der Waals surface area contributed by atoms with E-state index in [9.17, 15) is 8.42 Å². The van der Waals surface area contributed by atoms with Crippen molar-refractivity contribution in [2.45, 2.75) is 24.5 Å². The highest BCUT2D eigenvalue weighted by molar-refractivity contribution is 7.89. The molecule has 0 saturated carbocycles. The second-order valence-electron chi connectivity index (χ2n) is 6.33. The molecule has 0 bridgehead atoms. The summed E-state index contributed by atoms with van der Waals surface area (Å²) in [6, 6.07) is 0. The molecule has 0 saturated heterocycles. The summed E-state index contributed by atoms with van der Waals surface area (Å²) in [5, 5.41) is 4.68. The average molecular weight is 392 g/mol. The lowest BCUT2D eigenvalue weighted by Crippen LogP contribution is -2.36. The second kappa shape index (κ2) is 6.91. The molecule has 1 aliphatic rings. The van der Waals surface area contributed by atoms with Crippen molar-refractivity contribution in [1.82, 2.24) is 28.6 Å². The molecular formula is C16H20N6O4S. The normalized spacial score (nSPS) is 15.2. The number of methoxy groups -OCH3 is 1. The number of aromatic nitrogens is 5. The summed E-state index contributed by atoms with van der Waals surface area (Å²) in [5.41, 5.74) is 3.05. The van der Waals surface area contributed by atoms with Crippen LogP contribution in [0.5, 0.6) is 0 Å². The Morgan fingerprint density at radius 3 is 2.85 bits per heavy atom. The highest BCUT2D eigenvalue weighted by Crippen LogP contribution is 2.31. The van der Waals surface area contributed by atoms with Gasteiger partial charge in [0.1, 0.15) is 17.7 Å². The van der Waals surface area contributed by atoms with Crippen LogP contribution in [0.2, 0.25) is 0 Å². The van der Waals surface area contributed by atoms with Gasteiger partial charge in [0.15, 0.2) is 11.4 Å². The van der Waals surface area contributed by atoms with E-state index in [1.165, 1.54) is 29.5 Å². The molecule has 0 N–H and O–H groups in total. The molecule has 0 atom stereocenters. The van der Waals surface area contributed by atoms with E-state index in [1.807, 2.05) is 4.68 Å². The number of ether oxygens (including phenoxy) is 1. The minimum atomic E-state index is -3.68. The molecular weight excluding hydrogens is 372 g/mol. The second-order valence-corrected chi connectivity index (χ2v) is 8.21. The van der Waals surface area contributed by atoms with Gasteiger partial charge in [-0.2, -0.15) is 9.40 Å². The lowest BCUT2D eigenvalue weighted by molar-refractivity contribution is 0.182. The third-order valence-corrected chi connectivity index (χ3v) is 6.30. The lowest BCUT2D eigenvalue weighted by atomic mass is 10.1. The number of sulfonamides is 1. The Bertz CT molecular complexity index is 1040. The van der Waals surface area contributed by atoms with Crippen LogP contribution in [0.1, 0.15) is 11.3 Å². The van der Waals surface area contributed by atoms with Gasteiger partial charge in [0.25, 0.3) is 10.0 Å². The molecule has 4 heterocycles. The monoisotopic (exact) mass is 392 g/mol. The van der Waals surface area contributed by atoms with Gasteiger partial charge < -0.3 is 13.7 Å². The standard InChI is InChI=1S/C16H20N6O4S/c1-20-8-15(17-10-20)27(23,24)21-4-3-14-12(7-21)16(13-9-26-11-18-13)19-22(14)5-6-25-2/h8-11H,3-7H2,1-2H3. The molecule has 0 radical (unpaired) electrons. The number of imidazole rings is 1. The van der Waals surface area contributed by atoms with E-state index in [1.54, 1.807) is 18.7 Å². The highest BCUT2D eigenvalue weighted by atomic mass is 32.2. The van der Waals surface area contributed by atoms with Crippen LogP contribution in [0.15, 0.2) is 34.6 Å². The molecule has 0 amide bonds. The van der Waals surface area contributed by atoms with Crippen LogP contribution in [-0.4, -0.2) is 57.3 Å². The molecule has 0 unspecified atom stereocenters. The Morgan fingerprint density at radius 1 is 1.33 bits per heavy atom. The number of hydrogen-bond donors (Lipinski definition) is 0. The van der Waals surface area contributed by atoms with Crippen LogP contribution >= 0.6 is 0 Å². The minimum Gasteiger partial charge on any atom is -0.451 e. The summed E-state index contributed by atoms with van der Waals surface area (Å²) in [4.78, 5) is 8.18. The van der Waals surface area contributed by atoms with E-state index in [0.717, 1.165) is 11.3 Å². The number of fused-ring (bicyclic) bond motifs is 1. The number of aryl methyl sites for hydroxylation is 1. The Balaban J connectivity index is 1.72. The smallest absolute Gasteiger partial charge is 0.262 e. The van der Waals surface area contributed by atoms with Crippen LogP contribution in [0.4, 0.5) is 0 Å². The van der Waals surface area contributed by atoms with Crippen LogP contribution in [0.25, 0.3) is 11.4 Å². The summed E-state index contributed by atoms with van der Waals surface area (Å²) >= 11 is 0. The molecule has 3 aromatic heterocycles. The first-order valence-electron chi connectivity index (χ1n) is 8.45. The van der Waals surface area contributed by atoms with Gasteiger partial charge in [-0.1, -0.05) is 0 Å². The number of nitrogens with zero attached hydrogens (tertiary/aromatic N) is 6. The number of oxazole rings is 1. The van der Waals surface area contributed by atoms with Crippen LogP contribution in [0, 0.1) is 0 Å². The van der Waals surface area contributed by atoms with Crippen LogP contribution in [-0.2, 0) is 41.3 Å². The molecule has 27 heavy (non-hydrogen) atoms. The summed E-state index contributed by atoms with van der Waals surface area (Å²) in [5.74, 6) is 0. The Hall–Kier alpha value is -2.50. The van der Waals surface area contributed by atoms with Crippen molar-refractivity contribution in [2.24, 2.45) is 7.05 Å². The largest absolute Gasteiger partial charge is 0.451 e. The minimum absolute atomic E-state index is 0.0446. The molecule has 0 aromatic carbocycles. The zero-order valence-corrected chi connectivity index (χ0v) is 15.9. The van der Waals surface area contributed by atoms with E-state index in [4.69, 9.17) is 9.15 Å². The molecule has 144 valence electrons. The fourth-order valence-corrected chi connectivity index (χ4v) is 4.60. The van der Waals surface area contributed by atoms with Gasteiger partial charge in [-0.3, -0.25) is 4.68 Å². The molecule has 3 aromatic rings. The number of hydrogen-bond acceptors (Lipinski definition) is 7. The van der Waals surface area contributed by atoms with Crippen molar-refractivity contribution in [1.29, 1.82) is 0 Å². The molecule has 10 nitrogen and oxygen atoms in total. The van der Waals surface area contributed by atoms with E-state index < -0.39 is 10.0 Å². The van der Waals surface area contributed by atoms with Crippen LogP contribution in [0.3, 0.4) is 0 Å². The Morgan fingerprint density at radius 2 is 2.19 bits per heavy atom. The average Bonchev–Trinajstić information content (AvgIpc) is 3.39. The zero-order valence-electron chi connectivity index (χ0n) is 15.1. The van der Waals surface area contributed by atoms with Crippen molar-refractivity contribution in [2.75, 3.05) is 20.3 Å². The fraction of sp³-hybridized carbons (Fsp3) is 0.438. The van der Waals surface area contributed by atoms with Crippen molar-refractivity contribution < 1.29 is 17.6 Å². The van der Waals surface area contributed by atoms with Gasteiger partial charge in [-0.25, -0.2) is 18.4 Å². The predicted molar refractivity (Wildman–Crippen MR) is 94.1 cm³/mol. The highest BCUT2D eigenvalue weighted by Gasteiger charge is 2.34. The van der Waals surface area contributed by atoms with Gasteiger partial charge in [0.05, 0.1) is 19.5 Å². The maximum Gasteiger partial charge on any atom is 0.262 e. The zero-order chi connectivity index (χ0) is 19.0. The lowest BCUT2D eigenvalue weighted by Gasteiger charge is -2.26. The predicted octanol–water partition coefficient (Wildman–Crippen LogP) is 0.665. The van der Waals surface area contributed by atoms with Gasteiger partial charge in [0, 0.05) is 51.1 Å². The van der Waals surface area contributed by atoms with Gasteiger partial charge in [0.2, 0.25) is 0 Å². The van der Waals surface area contributed by atoms with E-state index in [0.29, 0.717) is 37.5 Å². The molecule has 1 aliphatic heterocycles. The van der Waals surface area contributed by atoms with Crippen molar-refractivity contribution in [3.63, 3.8) is 0 Å². The third kappa shape index (κ3) is 3.17. The number of rotatable bonds is 6. The molecule has 4 rings (SSSR count). The van der Waals surface area contributed by atoms with Crippen molar-refractivity contribution in [3.8, 4) is 11.4 Å². The maximum absolute atomic E-state index is 13.0. The summed E-state index contributed by atoms with van der Waals surface area (Å²) in [6.07, 6.45) is 6.38. The van der Waals surface area contributed by atoms with Crippen LogP contribution < -0.4 is 0 Å². The fourth-order valence-electron chi connectivity index (χ4n) is 3.22.